The van der Waals surface area contributed by atoms with E-state index in [9.17, 15) is 4.39 Å². The molecule has 1 unspecified atom stereocenters. The number of rotatable bonds is 9. The van der Waals surface area contributed by atoms with Gasteiger partial charge in [0.15, 0.2) is 0 Å². The standard InChI is InChI=1S/C15H24FNO2/c1-4-17-12(2)14-11-13(16)7-8-15(14)19-10-6-5-9-18-3/h7-8,11-12,17H,4-6,9-10H2,1-3H3. The first-order valence-corrected chi connectivity index (χ1v) is 6.83. The number of hydrogen-bond acceptors (Lipinski definition) is 3. The minimum Gasteiger partial charge on any atom is -0.493 e. The van der Waals surface area contributed by atoms with Gasteiger partial charge in [0.1, 0.15) is 11.6 Å². The van der Waals surface area contributed by atoms with E-state index in [1.165, 1.54) is 12.1 Å². The first kappa shape index (κ1) is 15.9. The zero-order valence-corrected chi connectivity index (χ0v) is 12.0. The summed E-state index contributed by atoms with van der Waals surface area (Å²) in [6.45, 7) is 6.25. The van der Waals surface area contributed by atoms with E-state index < -0.39 is 0 Å². The van der Waals surface area contributed by atoms with Crippen molar-refractivity contribution in [2.75, 3.05) is 26.9 Å². The summed E-state index contributed by atoms with van der Waals surface area (Å²) in [6, 6.07) is 4.76. The van der Waals surface area contributed by atoms with Gasteiger partial charge in [0, 0.05) is 25.3 Å². The van der Waals surface area contributed by atoms with Crippen LogP contribution in [0.4, 0.5) is 4.39 Å². The summed E-state index contributed by atoms with van der Waals surface area (Å²) in [5.74, 6) is 0.527. The quantitative estimate of drug-likeness (QED) is 0.698. The van der Waals surface area contributed by atoms with Gasteiger partial charge in [-0.15, -0.1) is 0 Å². The molecule has 0 heterocycles. The molecular weight excluding hydrogens is 245 g/mol. The maximum Gasteiger partial charge on any atom is 0.124 e. The van der Waals surface area contributed by atoms with Crippen LogP contribution >= 0.6 is 0 Å². The second-order valence-corrected chi connectivity index (χ2v) is 4.51. The molecule has 0 aliphatic carbocycles. The Morgan fingerprint density at radius 3 is 2.68 bits per heavy atom. The van der Waals surface area contributed by atoms with Crippen LogP contribution in [-0.4, -0.2) is 26.9 Å². The van der Waals surface area contributed by atoms with Crippen molar-refractivity contribution >= 4 is 0 Å². The lowest BCUT2D eigenvalue weighted by molar-refractivity contribution is 0.184. The van der Waals surface area contributed by atoms with E-state index in [4.69, 9.17) is 9.47 Å². The van der Waals surface area contributed by atoms with E-state index in [2.05, 4.69) is 5.32 Å². The molecule has 1 atom stereocenters. The molecule has 4 heteroatoms. The van der Waals surface area contributed by atoms with Gasteiger partial charge in [-0.25, -0.2) is 4.39 Å². The highest BCUT2D eigenvalue weighted by atomic mass is 19.1. The van der Waals surface area contributed by atoms with Crippen molar-refractivity contribution < 1.29 is 13.9 Å². The van der Waals surface area contributed by atoms with E-state index in [1.54, 1.807) is 13.2 Å². The number of methoxy groups -OCH3 is 1. The minimum absolute atomic E-state index is 0.0784. The van der Waals surface area contributed by atoms with E-state index in [0.29, 0.717) is 6.61 Å². The van der Waals surface area contributed by atoms with Crippen LogP contribution in [0.2, 0.25) is 0 Å². The number of ether oxygens (including phenoxy) is 2. The zero-order chi connectivity index (χ0) is 14.1. The highest BCUT2D eigenvalue weighted by molar-refractivity contribution is 5.36. The molecule has 0 aliphatic rings. The first-order valence-electron chi connectivity index (χ1n) is 6.83. The largest absolute Gasteiger partial charge is 0.493 e. The second-order valence-electron chi connectivity index (χ2n) is 4.51. The Bertz CT molecular complexity index is 371. The average molecular weight is 269 g/mol. The fourth-order valence-corrected chi connectivity index (χ4v) is 1.94. The van der Waals surface area contributed by atoms with Crippen LogP contribution in [0.1, 0.15) is 38.3 Å². The maximum atomic E-state index is 13.3. The van der Waals surface area contributed by atoms with Crippen molar-refractivity contribution in [2.24, 2.45) is 0 Å². The summed E-state index contributed by atoms with van der Waals surface area (Å²) in [5.41, 5.74) is 0.869. The van der Waals surface area contributed by atoms with Crippen LogP contribution in [0.5, 0.6) is 5.75 Å². The monoisotopic (exact) mass is 269 g/mol. The van der Waals surface area contributed by atoms with Gasteiger partial charge in [0.05, 0.1) is 6.61 Å². The lowest BCUT2D eigenvalue weighted by Crippen LogP contribution is -2.19. The molecular formula is C15H24FNO2. The van der Waals surface area contributed by atoms with Gasteiger partial charge in [-0.2, -0.15) is 0 Å². The van der Waals surface area contributed by atoms with Crippen molar-refractivity contribution in [3.05, 3.63) is 29.6 Å². The maximum absolute atomic E-state index is 13.3. The smallest absolute Gasteiger partial charge is 0.124 e. The van der Waals surface area contributed by atoms with Gasteiger partial charge >= 0.3 is 0 Å². The predicted octanol–water partition coefficient (Wildman–Crippen LogP) is 3.30. The van der Waals surface area contributed by atoms with Crippen LogP contribution in [0.3, 0.4) is 0 Å². The topological polar surface area (TPSA) is 30.5 Å². The Hall–Kier alpha value is -1.13. The summed E-state index contributed by atoms with van der Waals surface area (Å²) >= 11 is 0. The van der Waals surface area contributed by atoms with Gasteiger partial charge in [0.2, 0.25) is 0 Å². The molecule has 0 fully saturated rings. The molecule has 0 aliphatic heterocycles. The molecule has 0 saturated heterocycles. The molecule has 19 heavy (non-hydrogen) atoms. The molecule has 0 radical (unpaired) electrons. The Morgan fingerprint density at radius 2 is 2.00 bits per heavy atom. The number of nitrogens with one attached hydrogen (secondary N) is 1. The molecule has 1 rings (SSSR count). The number of benzene rings is 1. The van der Waals surface area contributed by atoms with E-state index in [1.807, 2.05) is 13.8 Å². The molecule has 0 bridgehead atoms. The molecule has 0 saturated carbocycles. The zero-order valence-electron chi connectivity index (χ0n) is 12.0. The van der Waals surface area contributed by atoms with Crippen molar-refractivity contribution in [3.63, 3.8) is 0 Å². The van der Waals surface area contributed by atoms with Gasteiger partial charge in [0.25, 0.3) is 0 Å². The van der Waals surface area contributed by atoms with Crippen molar-refractivity contribution in [3.8, 4) is 5.75 Å². The minimum atomic E-state index is -0.230. The molecule has 3 nitrogen and oxygen atoms in total. The summed E-state index contributed by atoms with van der Waals surface area (Å²) < 4.78 is 24.1. The van der Waals surface area contributed by atoms with Crippen LogP contribution in [0, 0.1) is 5.82 Å². The number of unbranched alkanes of at least 4 members (excludes halogenated alkanes) is 1. The first-order chi connectivity index (χ1) is 9.19. The van der Waals surface area contributed by atoms with Crippen molar-refractivity contribution in [2.45, 2.75) is 32.7 Å². The lowest BCUT2D eigenvalue weighted by atomic mass is 10.1. The molecule has 0 amide bonds. The molecule has 0 aromatic heterocycles. The summed E-state index contributed by atoms with van der Waals surface area (Å²) in [4.78, 5) is 0. The third-order valence-electron chi connectivity index (χ3n) is 2.95. The lowest BCUT2D eigenvalue weighted by Gasteiger charge is -2.17. The highest BCUT2D eigenvalue weighted by Gasteiger charge is 2.12. The van der Waals surface area contributed by atoms with Crippen LogP contribution in [0.15, 0.2) is 18.2 Å². The summed E-state index contributed by atoms with van der Waals surface area (Å²) in [6.07, 6.45) is 1.90. The van der Waals surface area contributed by atoms with E-state index >= 15 is 0 Å². The number of hydrogen-bond donors (Lipinski definition) is 1. The highest BCUT2D eigenvalue weighted by Crippen LogP contribution is 2.26. The molecule has 1 aromatic carbocycles. The predicted molar refractivity (Wildman–Crippen MR) is 75.1 cm³/mol. The van der Waals surface area contributed by atoms with Crippen LogP contribution in [0.25, 0.3) is 0 Å². The Labute approximate surface area is 115 Å². The third-order valence-corrected chi connectivity index (χ3v) is 2.95. The summed E-state index contributed by atoms with van der Waals surface area (Å²) in [5, 5.41) is 3.27. The van der Waals surface area contributed by atoms with E-state index in [0.717, 1.165) is 37.3 Å². The third kappa shape index (κ3) is 5.57. The van der Waals surface area contributed by atoms with Crippen molar-refractivity contribution in [1.82, 2.24) is 5.32 Å². The molecule has 1 N–H and O–H groups in total. The SMILES string of the molecule is CCNC(C)c1cc(F)ccc1OCCCCOC. The average Bonchev–Trinajstić information content (AvgIpc) is 2.40. The Morgan fingerprint density at radius 1 is 1.26 bits per heavy atom. The van der Waals surface area contributed by atoms with Crippen LogP contribution in [-0.2, 0) is 4.74 Å². The van der Waals surface area contributed by atoms with Gasteiger partial charge < -0.3 is 14.8 Å². The Kier molecular flexibility index (Phi) is 7.45. The van der Waals surface area contributed by atoms with Gasteiger partial charge in [-0.3, -0.25) is 0 Å². The number of halogens is 1. The van der Waals surface area contributed by atoms with E-state index in [-0.39, 0.29) is 11.9 Å². The molecule has 0 spiro atoms. The summed E-state index contributed by atoms with van der Waals surface area (Å²) in [7, 11) is 1.69. The second kappa shape index (κ2) is 8.88. The van der Waals surface area contributed by atoms with Crippen LogP contribution < -0.4 is 10.1 Å². The van der Waals surface area contributed by atoms with Crippen molar-refractivity contribution in [1.29, 1.82) is 0 Å². The van der Waals surface area contributed by atoms with Gasteiger partial charge in [-0.05, 0) is 44.5 Å². The normalized spacial score (nSPS) is 12.4. The Balaban J connectivity index is 2.60. The van der Waals surface area contributed by atoms with Gasteiger partial charge in [-0.1, -0.05) is 6.92 Å². The fourth-order valence-electron chi connectivity index (χ4n) is 1.94. The molecule has 1 aromatic rings. The fraction of sp³-hybridized carbons (Fsp3) is 0.600. The molecule has 108 valence electrons.